The third-order valence-electron chi connectivity index (χ3n) is 4.45. The Labute approximate surface area is 124 Å². The van der Waals surface area contributed by atoms with E-state index < -0.39 is 11.7 Å². The third kappa shape index (κ3) is 3.01. The van der Waals surface area contributed by atoms with E-state index in [4.69, 9.17) is 4.74 Å². The first-order valence-electron chi connectivity index (χ1n) is 7.61. The molecule has 2 atom stereocenters. The van der Waals surface area contributed by atoms with Gasteiger partial charge in [-0.2, -0.15) is 0 Å². The maximum absolute atomic E-state index is 12.0. The number of carbonyl (C=O) groups is 2. The van der Waals surface area contributed by atoms with Gasteiger partial charge in [0.1, 0.15) is 17.7 Å². The molecule has 2 aliphatic carbocycles. The van der Waals surface area contributed by atoms with Crippen molar-refractivity contribution < 1.29 is 14.3 Å². The number of aromatic nitrogens is 2. The minimum Gasteiger partial charge on any atom is -0.443 e. The first kappa shape index (κ1) is 14.3. The highest BCUT2D eigenvalue weighted by Gasteiger charge is 2.42. The van der Waals surface area contributed by atoms with Crippen molar-refractivity contribution >= 4 is 11.9 Å². The predicted octanol–water partition coefficient (Wildman–Crippen LogP) is 3.14. The van der Waals surface area contributed by atoms with E-state index in [1.807, 2.05) is 20.8 Å². The second-order valence-electron chi connectivity index (χ2n) is 7.32. The van der Waals surface area contributed by atoms with E-state index in [0.717, 1.165) is 31.4 Å². The van der Waals surface area contributed by atoms with Gasteiger partial charge >= 0.3 is 6.09 Å². The van der Waals surface area contributed by atoms with E-state index in [9.17, 15) is 9.59 Å². The quantitative estimate of drug-likeness (QED) is 0.797. The monoisotopic (exact) mass is 290 g/mol. The standard InChI is InChI=1S/C16H22N2O3/c1-16(2,3)21-15(20)18-8-14(17-9-18)12-4-10-6-13(19)7-11(10)5-12/h8-12H,4-7H2,1-3H3. The van der Waals surface area contributed by atoms with E-state index >= 15 is 0 Å². The molecule has 1 aromatic heterocycles. The molecule has 3 rings (SSSR count). The fourth-order valence-corrected chi connectivity index (χ4v) is 3.59. The molecule has 0 bridgehead atoms. The van der Waals surface area contributed by atoms with Crippen LogP contribution in [-0.4, -0.2) is 27.0 Å². The Bertz CT molecular complexity index is 554. The Morgan fingerprint density at radius 2 is 1.90 bits per heavy atom. The molecule has 0 aliphatic heterocycles. The first-order valence-corrected chi connectivity index (χ1v) is 7.61. The molecule has 0 N–H and O–H groups in total. The molecular formula is C16H22N2O3. The van der Waals surface area contributed by atoms with Crippen LogP contribution in [0.2, 0.25) is 0 Å². The molecule has 21 heavy (non-hydrogen) atoms. The summed E-state index contributed by atoms with van der Waals surface area (Å²) in [6.07, 6.45) is 6.41. The number of Topliss-reactive ketones (excluding diaryl/α,β-unsaturated/α-hetero) is 1. The summed E-state index contributed by atoms with van der Waals surface area (Å²) in [5.74, 6) is 1.82. The van der Waals surface area contributed by atoms with Gasteiger partial charge in [-0.15, -0.1) is 0 Å². The number of hydrogen-bond donors (Lipinski definition) is 0. The summed E-state index contributed by atoms with van der Waals surface area (Å²) in [7, 11) is 0. The molecule has 2 saturated carbocycles. The highest BCUT2D eigenvalue weighted by Crippen LogP contribution is 2.48. The normalized spacial score (nSPS) is 28.7. The number of hydrogen-bond acceptors (Lipinski definition) is 4. The molecule has 5 heteroatoms. The predicted molar refractivity (Wildman–Crippen MR) is 77.1 cm³/mol. The summed E-state index contributed by atoms with van der Waals surface area (Å²) in [6.45, 7) is 5.54. The zero-order valence-electron chi connectivity index (χ0n) is 12.8. The number of ketones is 1. The van der Waals surface area contributed by atoms with Crippen molar-refractivity contribution in [3.63, 3.8) is 0 Å². The lowest BCUT2D eigenvalue weighted by molar-refractivity contribution is -0.117. The van der Waals surface area contributed by atoms with Crippen LogP contribution in [0, 0.1) is 11.8 Å². The highest BCUT2D eigenvalue weighted by atomic mass is 16.6. The lowest BCUT2D eigenvalue weighted by atomic mass is 10.0. The van der Waals surface area contributed by atoms with E-state index in [-0.39, 0.29) is 0 Å². The molecule has 2 aliphatic rings. The van der Waals surface area contributed by atoms with Crippen LogP contribution in [0.5, 0.6) is 0 Å². The van der Waals surface area contributed by atoms with Crippen LogP contribution in [0.15, 0.2) is 12.5 Å². The van der Waals surface area contributed by atoms with Gasteiger partial charge in [-0.3, -0.25) is 4.79 Å². The van der Waals surface area contributed by atoms with Crippen molar-refractivity contribution in [3.8, 4) is 0 Å². The molecule has 1 heterocycles. The molecule has 0 spiro atoms. The van der Waals surface area contributed by atoms with Crippen LogP contribution in [0.4, 0.5) is 4.79 Å². The fourth-order valence-electron chi connectivity index (χ4n) is 3.59. The summed E-state index contributed by atoms with van der Waals surface area (Å²) in [5, 5.41) is 0. The number of imidazole rings is 1. The summed E-state index contributed by atoms with van der Waals surface area (Å²) >= 11 is 0. The second-order valence-corrected chi connectivity index (χ2v) is 7.32. The molecule has 0 amide bonds. The van der Waals surface area contributed by atoms with E-state index in [1.165, 1.54) is 10.9 Å². The van der Waals surface area contributed by atoms with Crippen molar-refractivity contribution in [2.24, 2.45) is 11.8 Å². The van der Waals surface area contributed by atoms with Crippen molar-refractivity contribution in [2.75, 3.05) is 0 Å². The summed E-state index contributed by atoms with van der Waals surface area (Å²) in [6, 6.07) is 0. The van der Waals surface area contributed by atoms with Gasteiger partial charge in [-0.05, 0) is 45.4 Å². The molecule has 0 aromatic carbocycles. The van der Waals surface area contributed by atoms with Crippen LogP contribution in [0.1, 0.15) is 58.1 Å². The third-order valence-corrected chi connectivity index (χ3v) is 4.45. The van der Waals surface area contributed by atoms with E-state index in [1.54, 1.807) is 6.20 Å². The lowest BCUT2D eigenvalue weighted by Crippen LogP contribution is -2.26. The number of fused-ring (bicyclic) bond motifs is 1. The van der Waals surface area contributed by atoms with Gasteiger partial charge in [0.05, 0.1) is 5.69 Å². The Kier molecular flexibility index (Phi) is 3.38. The maximum atomic E-state index is 12.0. The zero-order valence-corrected chi connectivity index (χ0v) is 12.8. The van der Waals surface area contributed by atoms with Crippen LogP contribution in [-0.2, 0) is 9.53 Å². The van der Waals surface area contributed by atoms with Crippen molar-refractivity contribution in [1.82, 2.24) is 9.55 Å². The Morgan fingerprint density at radius 3 is 2.48 bits per heavy atom. The van der Waals surface area contributed by atoms with Gasteiger partial charge in [0.15, 0.2) is 0 Å². The van der Waals surface area contributed by atoms with Crippen molar-refractivity contribution in [1.29, 1.82) is 0 Å². The van der Waals surface area contributed by atoms with Gasteiger partial charge < -0.3 is 4.74 Å². The van der Waals surface area contributed by atoms with Crippen molar-refractivity contribution in [3.05, 3.63) is 18.2 Å². The van der Waals surface area contributed by atoms with Crippen molar-refractivity contribution in [2.45, 2.75) is 58.0 Å². The minimum absolute atomic E-state index is 0.372. The summed E-state index contributed by atoms with van der Waals surface area (Å²) in [4.78, 5) is 27.8. The first-order chi connectivity index (χ1) is 9.82. The van der Waals surface area contributed by atoms with E-state index in [2.05, 4.69) is 4.98 Å². The largest absolute Gasteiger partial charge is 0.443 e. The molecule has 114 valence electrons. The fraction of sp³-hybridized carbons (Fsp3) is 0.688. The number of nitrogens with zero attached hydrogens (tertiary/aromatic N) is 2. The average molecular weight is 290 g/mol. The minimum atomic E-state index is -0.508. The topological polar surface area (TPSA) is 61.2 Å². The van der Waals surface area contributed by atoms with Crippen LogP contribution in [0.3, 0.4) is 0 Å². The summed E-state index contributed by atoms with van der Waals surface area (Å²) < 4.78 is 6.74. The summed E-state index contributed by atoms with van der Waals surface area (Å²) in [5.41, 5.74) is 0.439. The molecule has 1 aromatic rings. The maximum Gasteiger partial charge on any atom is 0.419 e. The van der Waals surface area contributed by atoms with Crippen LogP contribution >= 0.6 is 0 Å². The molecule has 5 nitrogen and oxygen atoms in total. The lowest BCUT2D eigenvalue weighted by Gasteiger charge is -2.19. The second kappa shape index (κ2) is 4.97. The Morgan fingerprint density at radius 1 is 1.29 bits per heavy atom. The van der Waals surface area contributed by atoms with Gasteiger partial charge in [0, 0.05) is 25.0 Å². The molecular weight excluding hydrogens is 268 g/mol. The Hall–Kier alpha value is -1.65. The average Bonchev–Trinajstić information content (AvgIpc) is 2.98. The molecule has 0 saturated heterocycles. The number of ether oxygens (including phenoxy) is 1. The van der Waals surface area contributed by atoms with Crippen LogP contribution < -0.4 is 0 Å². The highest BCUT2D eigenvalue weighted by molar-refractivity contribution is 5.81. The number of rotatable bonds is 1. The number of carbonyl (C=O) groups excluding carboxylic acids is 2. The van der Waals surface area contributed by atoms with Crippen LogP contribution in [0.25, 0.3) is 0 Å². The van der Waals surface area contributed by atoms with Gasteiger partial charge in [-0.1, -0.05) is 0 Å². The zero-order chi connectivity index (χ0) is 15.2. The smallest absolute Gasteiger partial charge is 0.419 e. The van der Waals surface area contributed by atoms with Gasteiger partial charge in [-0.25, -0.2) is 14.3 Å². The Balaban J connectivity index is 1.66. The SMILES string of the molecule is CC(C)(C)OC(=O)n1cnc(C2CC3CC(=O)CC3C2)c1. The molecule has 0 radical (unpaired) electrons. The van der Waals surface area contributed by atoms with Gasteiger partial charge in [0.25, 0.3) is 0 Å². The molecule has 2 unspecified atom stereocenters. The van der Waals surface area contributed by atoms with Gasteiger partial charge in [0.2, 0.25) is 0 Å². The van der Waals surface area contributed by atoms with E-state index in [0.29, 0.717) is 23.5 Å². The molecule has 2 fully saturated rings.